The first kappa shape index (κ1) is 17.1. The van der Waals surface area contributed by atoms with Crippen LogP contribution in [0, 0.1) is 13.8 Å². The summed E-state index contributed by atoms with van der Waals surface area (Å²) >= 11 is 12.3. The molecule has 3 rings (SSSR count). The number of aryl methyl sites for hydroxylation is 2. The Balaban J connectivity index is 2.12. The van der Waals surface area contributed by atoms with Crippen molar-refractivity contribution < 1.29 is 13.9 Å². The van der Waals surface area contributed by atoms with E-state index in [1.165, 1.54) is 0 Å². The molecule has 0 spiro atoms. The SMILES string of the molecule is COCC(C)Oc1c(C)nn2c(-c3ccc(Cl)cc3Cl)c(C)oc12. The summed E-state index contributed by atoms with van der Waals surface area (Å²) in [4.78, 5) is 0. The largest absolute Gasteiger partial charge is 0.481 e. The quantitative estimate of drug-likeness (QED) is 0.640. The van der Waals surface area contributed by atoms with Crippen molar-refractivity contribution in [2.24, 2.45) is 0 Å². The second kappa shape index (κ2) is 6.67. The average Bonchev–Trinajstić information content (AvgIpc) is 2.96. The second-order valence-electron chi connectivity index (χ2n) is 5.65. The predicted molar refractivity (Wildman–Crippen MR) is 94.4 cm³/mol. The van der Waals surface area contributed by atoms with Gasteiger partial charge in [0.05, 0.1) is 11.6 Å². The van der Waals surface area contributed by atoms with Crippen LogP contribution >= 0.6 is 23.2 Å². The lowest BCUT2D eigenvalue weighted by Crippen LogP contribution is -2.18. The van der Waals surface area contributed by atoms with Crippen molar-refractivity contribution in [3.8, 4) is 17.0 Å². The maximum atomic E-state index is 6.35. The lowest BCUT2D eigenvalue weighted by Gasteiger charge is -2.11. The Kier molecular flexibility index (Phi) is 4.76. The van der Waals surface area contributed by atoms with Gasteiger partial charge < -0.3 is 13.9 Å². The van der Waals surface area contributed by atoms with Gasteiger partial charge in [0.15, 0.2) is 0 Å². The number of methoxy groups -OCH3 is 1. The monoisotopic (exact) mass is 368 g/mol. The van der Waals surface area contributed by atoms with Crippen molar-refractivity contribution in [3.05, 3.63) is 39.7 Å². The van der Waals surface area contributed by atoms with E-state index in [-0.39, 0.29) is 6.10 Å². The van der Waals surface area contributed by atoms with Gasteiger partial charge in [-0.15, -0.1) is 0 Å². The standard InChI is InChI=1S/C17H18Cl2N2O3/c1-9(8-22-4)23-16-10(2)20-21-15(11(3)24-17(16)21)13-6-5-12(18)7-14(13)19/h5-7,9H,8H2,1-4H3. The van der Waals surface area contributed by atoms with Crippen LogP contribution in [0.4, 0.5) is 0 Å². The summed E-state index contributed by atoms with van der Waals surface area (Å²) in [6.45, 7) is 6.15. The Hall–Kier alpha value is -1.69. The molecule has 0 N–H and O–H groups in total. The van der Waals surface area contributed by atoms with Crippen molar-refractivity contribution in [3.63, 3.8) is 0 Å². The van der Waals surface area contributed by atoms with E-state index in [4.69, 9.17) is 37.1 Å². The Morgan fingerprint density at radius 3 is 2.71 bits per heavy atom. The summed E-state index contributed by atoms with van der Waals surface area (Å²) in [5.74, 6) is 1.31. The van der Waals surface area contributed by atoms with E-state index in [0.717, 1.165) is 17.0 Å². The lowest BCUT2D eigenvalue weighted by atomic mass is 10.1. The first-order valence-electron chi connectivity index (χ1n) is 7.52. The number of oxazole rings is 1. The summed E-state index contributed by atoms with van der Waals surface area (Å²) in [7, 11) is 1.64. The van der Waals surface area contributed by atoms with Gasteiger partial charge in [-0.1, -0.05) is 23.2 Å². The molecule has 0 amide bonds. The van der Waals surface area contributed by atoms with Gasteiger partial charge >= 0.3 is 0 Å². The van der Waals surface area contributed by atoms with Gasteiger partial charge in [-0.2, -0.15) is 9.61 Å². The number of rotatable bonds is 5. The van der Waals surface area contributed by atoms with Crippen molar-refractivity contribution in [2.45, 2.75) is 26.9 Å². The molecule has 0 radical (unpaired) electrons. The molecule has 0 aliphatic carbocycles. The summed E-state index contributed by atoms with van der Waals surface area (Å²) in [5, 5.41) is 5.67. The molecule has 1 unspecified atom stereocenters. The zero-order valence-electron chi connectivity index (χ0n) is 13.9. The highest BCUT2D eigenvalue weighted by Gasteiger charge is 2.23. The third-order valence-corrected chi connectivity index (χ3v) is 4.21. The molecule has 0 saturated heterocycles. The molecule has 0 aliphatic rings. The van der Waals surface area contributed by atoms with Gasteiger partial charge in [0.25, 0.3) is 5.71 Å². The van der Waals surface area contributed by atoms with E-state index < -0.39 is 0 Å². The molecule has 5 nitrogen and oxygen atoms in total. The Morgan fingerprint density at radius 1 is 1.29 bits per heavy atom. The minimum absolute atomic E-state index is 0.116. The number of halogens is 2. The number of aromatic nitrogens is 2. The molecule has 0 bridgehead atoms. The van der Waals surface area contributed by atoms with Crippen LogP contribution in [-0.4, -0.2) is 29.4 Å². The van der Waals surface area contributed by atoms with E-state index in [9.17, 15) is 0 Å². The fourth-order valence-corrected chi connectivity index (χ4v) is 3.16. The van der Waals surface area contributed by atoms with E-state index >= 15 is 0 Å². The maximum Gasteiger partial charge on any atom is 0.266 e. The molecule has 1 atom stereocenters. The molecule has 3 aromatic rings. The molecular weight excluding hydrogens is 351 g/mol. The molecule has 2 heterocycles. The van der Waals surface area contributed by atoms with Crippen LogP contribution in [0.5, 0.6) is 5.75 Å². The van der Waals surface area contributed by atoms with Crippen LogP contribution in [-0.2, 0) is 4.74 Å². The van der Waals surface area contributed by atoms with Crippen molar-refractivity contribution >= 4 is 28.9 Å². The summed E-state index contributed by atoms with van der Waals surface area (Å²) < 4.78 is 18.7. The first-order chi connectivity index (χ1) is 11.4. The molecule has 128 valence electrons. The number of ether oxygens (including phenoxy) is 2. The minimum atomic E-state index is -0.116. The fraction of sp³-hybridized carbons (Fsp3) is 0.353. The van der Waals surface area contributed by atoms with Gasteiger partial charge in [0.1, 0.15) is 23.3 Å². The molecule has 0 aliphatic heterocycles. The average molecular weight is 369 g/mol. The number of nitrogens with zero attached hydrogens (tertiary/aromatic N) is 2. The Labute approximate surface area is 150 Å². The minimum Gasteiger partial charge on any atom is -0.481 e. The smallest absolute Gasteiger partial charge is 0.266 e. The van der Waals surface area contributed by atoms with Gasteiger partial charge in [-0.3, -0.25) is 0 Å². The molecule has 7 heteroatoms. The van der Waals surface area contributed by atoms with Crippen molar-refractivity contribution in [1.29, 1.82) is 0 Å². The van der Waals surface area contributed by atoms with Crippen LogP contribution in [0.25, 0.3) is 17.0 Å². The van der Waals surface area contributed by atoms with Crippen LogP contribution in [0.15, 0.2) is 22.6 Å². The molecule has 1 aromatic carbocycles. The second-order valence-corrected chi connectivity index (χ2v) is 6.49. The van der Waals surface area contributed by atoms with E-state index in [2.05, 4.69) is 5.10 Å². The summed E-state index contributed by atoms with van der Waals surface area (Å²) in [6.07, 6.45) is -0.116. The van der Waals surface area contributed by atoms with Gasteiger partial charge in [0, 0.05) is 17.7 Å². The lowest BCUT2D eigenvalue weighted by molar-refractivity contribution is 0.0918. The molecular formula is C17H18Cl2N2O3. The normalized spacial score (nSPS) is 12.8. The van der Waals surface area contributed by atoms with Gasteiger partial charge in [-0.05, 0) is 39.0 Å². The third kappa shape index (κ3) is 2.99. The van der Waals surface area contributed by atoms with Crippen LogP contribution in [0.2, 0.25) is 10.0 Å². The van der Waals surface area contributed by atoms with Gasteiger partial charge in [0.2, 0.25) is 5.75 Å². The van der Waals surface area contributed by atoms with E-state index in [1.807, 2.05) is 26.8 Å². The molecule has 0 fully saturated rings. The topological polar surface area (TPSA) is 48.9 Å². The fourth-order valence-electron chi connectivity index (χ4n) is 2.67. The van der Waals surface area contributed by atoms with Crippen LogP contribution in [0.3, 0.4) is 0 Å². The maximum absolute atomic E-state index is 6.35. The highest BCUT2D eigenvalue weighted by Crippen LogP contribution is 2.37. The molecule has 2 aromatic heterocycles. The third-order valence-electron chi connectivity index (χ3n) is 3.67. The van der Waals surface area contributed by atoms with Crippen molar-refractivity contribution in [2.75, 3.05) is 13.7 Å². The van der Waals surface area contributed by atoms with Crippen LogP contribution < -0.4 is 4.74 Å². The first-order valence-corrected chi connectivity index (χ1v) is 8.27. The van der Waals surface area contributed by atoms with E-state index in [0.29, 0.717) is 33.9 Å². The van der Waals surface area contributed by atoms with Crippen LogP contribution in [0.1, 0.15) is 18.4 Å². The molecule has 24 heavy (non-hydrogen) atoms. The molecule has 0 saturated carbocycles. The predicted octanol–water partition coefficient (Wildman–Crippen LogP) is 4.93. The summed E-state index contributed by atoms with van der Waals surface area (Å²) in [6, 6.07) is 5.34. The van der Waals surface area contributed by atoms with Crippen molar-refractivity contribution in [1.82, 2.24) is 9.61 Å². The van der Waals surface area contributed by atoms with Gasteiger partial charge in [-0.25, -0.2) is 0 Å². The highest BCUT2D eigenvalue weighted by molar-refractivity contribution is 6.36. The zero-order valence-corrected chi connectivity index (χ0v) is 15.4. The highest BCUT2D eigenvalue weighted by atomic mass is 35.5. The Morgan fingerprint density at radius 2 is 2.04 bits per heavy atom. The number of hydrogen-bond donors (Lipinski definition) is 0. The van der Waals surface area contributed by atoms with E-state index in [1.54, 1.807) is 23.8 Å². The Bertz CT molecular complexity index is 886. The zero-order chi connectivity index (χ0) is 17.4. The summed E-state index contributed by atoms with van der Waals surface area (Å²) in [5.41, 5.74) is 2.87. The number of hydrogen-bond acceptors (Lipinski definition) is 4. The number of benzene rings is 1. The number of fused-ring (bicyclic) bond motifs is 1.